The maximum atomic E-state index is 6.07. The zero-order chi connectivity index (χ0) is 14.9. The average molecular weight is 376 g/mol. The third-order valence-electron chi connectivity index (χ3n) is 4.13. The van der Waals surface area contributed by atoms with Gasteiger partial charge >= 0.3 is 0 Å². The monoisotopic (exact) mass is 374 g/mol. The molecular formula is C17H21Cl3N2O. The number of benzene rings is 1. The Kier molecular flexibility index (Phi) is 7.15. The van der Waals surface area contributed by atoms with Gasteiger partial charge in [-0.15, -0.1) is 24.8 Å². The molecule has 1 heterocycles. The van der Waals surface area contributed by atoms with Gasteiger partial charge in [0.1, 0.15) is 5.75 Å². The van der Waals surface area contributed by atoms with Crippen molar-refractivity contribution in [3.8, 4) is 16.9 Å². The van der Waals surface area contributed by atoms with Gasteiger partial charge < -0.3 is 10.5 Å². The van der Waals surface area contributed by atoms with Crippen molar-refractivity contribution in [1.29, 1.82) is 0 Å². The van der Waals surface area contributed by atoms with Gasteiger partial charge in [0.2, 0.25) is 0 Å². The molecule has 1 aliphatic rings. The van der Waals surface area contributed by atoms with Crippen molar-refractivity contribution in [2.75, 3.05) is 13.2 Å². The van der Waals surface area contributed by atoms with Gasteiger partial charge in [0, 0.05) is 28.2 Å². The fraction of sp³-hybridized carbons (Fsp3) is 0.353. The van der Waals surface area contributed by atoms with Gasteiger partial charge in [0.25, 0.3) is 0 Å². The molecule has 3 nitrogen and oxygen atoms in total. The third-order valence-corrected chi connectivity index (χ3v) is 4.37. The highest BCUT2D eigenvalue weighted by molar-refractivity contribution is 6.30. The Morgan fingerprint density at radius 1 is 1.26 bits per heavy atom. The molecule has 0 unspecified atom stereocenters. The van der Waals surface area contributed by atoms with E-state index >= 15 is 0 Å². The molecular weight excluding hydrogens is 355 g/mol. The van der Waals surface area contributed by atoms with Crippen LogP contribution in [0.5, 0.6) is 5.75 Å². The molecule has 1 fully saturated rings. The average Bonchev–Trinajstić information content (AvgIpc) is 3.27. The van der Waals surface area contributed by atoms with Crippen molar-refractivity contribution in [3.63, 3.8) is 0 Å². The number of nitrogens with zero attached hydrogens (tertiary/aromatic N) is 1. The zero-order valence-corrected chi connectivity index (χ0v) is 15.3. The van der Waals surface area contributed by atoms with Gasteiger partial charge in [-0.1, -0.05) is 23.7 Å². The van der Waals surface area contributed by atoms with E-state index in [4.69, 9.17) is 22.1 Å². The molecule has 2 N–H and O–H groups in total. The number of aromatic nitrogens is 1. The molecule has 1 saturated carbocycles. The highest BCUT2D eigenvalue weighted by atomic mass is 35.5. The fourth-order valence-corrected chi connectivity index (χ4v) is 2.55. The quantitative estimate of drug-likeness (QED) is 0.826. The Morgan fingerprint density at radius 3 is 2.61 bits per heavy atom. The van der Waals surface area contributed by atoms with E-state index in [0.717, 1.165) is 40.4 Å². The SMILES string of the molecule is Cc1ncc(OCC2(CN)CC2)cc1-c1cccc(Cl)c1.Cl.Cl. The molecule has 23 heavy (non-hydrogen) atoms. The summed E-state index contributed by atoms with van der Waals surface area (Å²) in [5, 5.41) is 0.721. The predicted molar refractivity (Wildman–Crippen MR) is 100 cm³/mol. The summed E-state index contributed by atoms with van der Waals surface area (Å²) in [5.74, 6) is 0.787. The Bertz CT molecular complexity index is 660. The first-order chi connectivity index (χ1) is 10.1. The van der Waals surface area contributed by atoms with Gasteiger partial charge in [0.05, 0.1) is 12.8 Å². The molecule has 0 aliphatic heterocycles. The number of rotatable bonds is 5. The first kappa shape index (κ1) is 20.0. The van der Waals surface area contributed by atoms with Crippen LogP contribution in [0.15, 0.2) is 36.5 Å². The van der Waals surface area contributed by atoms with E-state index in [9.17, 15) is 0 Å². The van der Waals surface area contributed by atoms with Crippen molar-refractivity contribution in [3.05, 3.63) is 47.2 Å². The minimum Gasteiger partial charge on any atom is -0.491 e. The van der Waals surface area contributed by atoms with E-state index < -0.39 is 0 Å². The Balaban J connectivity index is 0.00000132. The van der Waals surface area contributed by atoms with Crippen molar-refractivity contribution < 1.29 is 4.74 Å². The lowest BCUT2D eigenvalue weighted by molar-refractivity contribution is 0.238. The number of nitrogens with two attached hydrogens (primary N) is 1. The van der Waals surface area contributed by atoms with Gasteiger partial charge in [-0.3, -0.25) is 4.98 Å². The minimum atomic E-state index is 0. The molecule has 3 rings (SSSR count). The van der Waals surface area contributed by atoms with Crippen LogP contribution in [-0.4, -0.2) is 18.1 Å². The van der Waals surface area contributed by atoms with E-state index in [1.807, 2.05) is 37.3 Å². The maximum Gasteiger partial charge on any atom is 0.138 e. The number of ether oxygens (including phenoxy) is 1. The maximum absolute atomic E-state index is 6.07. The summed E-state index contributed by atoms with van der Waals surface area (Å²) in [6.45, 7) is 3.35. The van der Waals surface area contributed by atoms with Crippen LogP contribution in [0.1, 0.15) is 18.5 Å². The normalized spacial score (nSPS) is 14.4. The molecule has 0 bridgehead atoms. The van der Waals surface area contributed by atoms with Crippen molar-refractivity contribution in [1.82, 2.24) is 4.98 Å². The number of halogens is 3. The fourth-order valence-electron chi connectivity index (χ4n) is 2.36. The number of pyridine rings is 1. The lowest BCUT2D eigenvalue weighted by Gasteiger charge is -2.15. The summed E-state index contributed by atoms with van der Waals surface area (Å²) in [6.07, 6.45) is 4.09. The van der Waals surface area contributed by atoms with E-state index in [1.165, 1.54) is 0 Å². The molecule has 0 saturated heterocycles. The molecule has 126 valence electrons. The van der Waals surface area contributed by atoms with Crippen LogP contribution < -0.4 is 10.5 Å². The third kappa shape index (κ3) is 4.74. The first-order valence-corrected chi connectivity index (χ1v) is 7.55. The summed E-state index contributed by atoms with van der Waals surface area (Å²) < 4.78 is 5.90. The number of aryl methyl sites for hydroxylation is 1. The van der Waals surface area contributed by atoms with E-state index in [2.05, 4.69) is 4.98 Å². The van der Waals surface area contributed by atoms with Crippen molar-refractivity contribution in [2.45, 2.75) is 19.8 Å². The summed E-state index contributed by atoms with van der Waals surface area (Å²) in [6, 6.07) is 9.81. The van der Waals surface area contributed by atoms with E-state index in [0.29, 0.717) is 13.2 Å². The lowest BCUT2D eigenvalue weighted by Crippen LogP contribution is -2.22. The van der Waals surface area contributed by atoms with Crippen LogP contribution in [0, 0.1) is 12.3 Å². The smallest absolute Gasteiger partial charge is 0.138 e. The summed E-state index contributed by atoms with van der Waals surface area (Å²) in [5.41, 5.74) is 9.04. The van der Waals surface area contributed by atoms with Crippen LogP contribution in [0.25, 0.3) is 11.1 Å². The van der Waals surface area contributed by atoms with Gasteiger partial charge in [-0.05, 0) is 43.5 Å². The van der Waals surface area contributed by atoms with Gasteiger partial charge in [-0.2, -0.15) is 0 Å². The molecule has 0 atom stereocenters. The Hall–Kier alpha value is -1.000. The van der Waals surface area contributed by atoms with E-state index in [-0.39, 0.29) is 30.2 Å². The Morgan fingerprint density at radius 2 is 2.00 bits per heavy atom. The summed E-state index contributed by atoms with van der Waals surface area (Å²) >= 11 is 6.07. The molecule has 1 aromatic heterocycles. The molecule has 1 aliphatic carbocycles. The molecule has 0 amide bonds. The van der Waals surface area contributed by atoms with Crippen molar-refractivity contribution >= 4 is 36.4 Å². The lowest BCUT2D eigenvalue weighted by atomic mass is 10.0. The standard InChI is InChI=1S/C17H19ClN2O.2ClH/c1-12-16(13-3-2-4-14(18)7-13)8-15(9-20-12)21-11-17(10-19)5-6-17;;/h2-4,7-9H,5-6,10-11,19H2,1H3;2*1H. The second-order valence-electron chi connectivity index (χ2n) is 5.81. The highest BCUT2D eigenvalue weighted by Gasteiger charge is 2.42. The first-order valence-electron chi connectivity index (χ1n) is 7.17. The van der Waals surface area contributed by atoms with Gasteiger partial charge in [-0.25, -0.2) is 0 Å². The van der Waals surface area contributed by atoms with Crippen molar-refractivity contribution in [2.24, 2.45) is 11.1 Å². The summed E-state index contributed by atoms with van der Waals surface area (Å²) in [4.78, 5) is 4.43. The second kappa shape index (κ2) is 8.20. The van der Waals surface area contributed by atoms with Crippen LogP contribution in [0.2, 0.25) is 5.02 Å². The van der Waals surface area contributed by atoms with Gasteiger partial charge in [0.15, 0.2) is 0 Å². The molecule has 0 radical (unpaired) electrons. The topological polar surface area (TPSA) is 48.1 Å². The Labute approximate surface area is 154 Å². The van der Waals surface area contributed by atoms with Crippen LogP contribution >= 0.6 is 36.4 Å². The summed E-state index contributed by atoms with van der Waals surface area (Å²) in [7, 11) is 0. The van der Waals surface area contributed by atoms with Crippen LogP contribution in [0.3, 0.4) is 0 Å². The molecule has 2 aromatic rings. The largest absolute Gasteiger partial charge is 0.491 e. The highest BCUT2D eigenvalue weighted by Crippen LogP contribution is 2.44. The zero-order valence-electron chi connectivity index (χ0n) is 12.9. The molecule has 1 aromatic carbocycles. The van der Waals surface area contributed by atoms with E-state index in [1.54, 1.807) is 6.20 Å². The van der Waals surface area contributed by atoms with Crippen LogP contribution in [0.4, 0.5) is 0 Å². The second-order valence-corrected chi connectivity index (χ2v) is 6.24. The molecule has 0 spiro atoms. The minimum absolute atomic E-state index is 0. The number of hydrogen-bond acceptors (Lipinski definition) is 3. The predicted octanol–water partition coefficient (Wildman–Crippen LogP) is 4.67. The van der Waals surface area contributed by atoms with Crippen LogP contribution in [-0.2, 0) is 0 Å². The number of hydrogen-bond donors (Lipinski definition) is 1. The molecule has 6 heteroatoms.